The molecule has 0 N–H and O–H groups in total. The van der Waals surface area contributed by atoms with Crippen molar-refractivity contribution in [1.82, 2.24) is 4.57 Å². The maximum atomic E-state index is 12.4. The van der Waals surface area contributed by atoms with Crippen LogP contribution in [0.15, 0.2) is 34.9 Å². The highest BCUT2D eigenvalue weighted by molar-refractivity contribution is 9.10. The van der Waals surface area contributed by atoms with Crippen molar-refractivity contribution in [2.24, 2.45) is 0 Å². The predicted octanol–water partition coefficient (Wildman–Crippen LogP) is 5.32. The zero-order chi connectivity index (χ0) is 15.8. The van der Waals surface area contributed by atoms with Crippen molar-refractivity contribution < 1.29 is 9.53 Å². The summed E-state index contributed by atoms with van der Waals surface area (Å²) in [5.41, 5.74) is 3.64. The first-order valence-electron chi connectivity index (χ1n) is 6.87. The van der Waals surface area contributed by atoms with Gasteiger partial charge >= 0.3 is 6.09 Å². The summed E-state index contributed by atoms with van der Waals surface area (Å²) in [5, 5.41) is 0. The Morgan fingerprint density at radius 1 is 1.19 bits per heavy atom. The Morgan fingerprint density at radius 3 is 2.29 bits per heavy atom. The summed E-state index contributed by atoms with van der Waals surface area (Å²) in [7, 11) is 0. The molecule has 0 aliphatic heterocycles. The molecule has 0 saturated carbocycles. The topological polar surface area (TPSA) is 31.2 Å². The lowest BCUT2D eigenvalue weighted by molar-refractivity contribution is 0.0540. The Labute approximate surface area is 134 Å². The third kappa shape index (κ3) is 3.56. The summed E-state index contributed by atoms with van der Waals surface area (Å²) in [6.45, 7) is 9.68. The first-order valence-corrected chi connectivity index (χ1v) is 7.66. The third-order valence-corrected chi connectivity index (χ3v) is 3.55. The van der Waals surface area contributed by atoms with Crippen molar-refractivity contribution in [2.75, 3.05) is 0 Å². The molecule has 0 aliphatic rings. The Bertz CT molecular complexity index is 660. The van der Waals surface area contributed by atoms with E-state index in [1.807, 2.05) is 58.9 Å². The number of aryl methyl sites for hydroxylation is 2. The number of carbonyl (C=O) groups is 1. The second-order valence-electron chi connectivity index (χ2n) is 6.16. The lowest BCUT2D eigenvalue weighted by atomic mass is 10.0. The molecule has 21 heavy (non-hydrogen) atoms. The fourth-order valence-electron chi connectivity index (χ4n) is 2.30. The van der Waals surface area contributed by atoms with Gasteiger partial charge in [0.1, 0.15) is 5.60 Å². The minimum atomic E-state index is -0.522. The van der Waals surface area contributed by atoms with Gasteiger partial charge in [-0.25, -0.2) is 4.79 Å². The molecule has 0 bridgehead atoms. The van der Waals surface area contributed by atoms with Crippen molar-refractivity contribution in [2.45, 2.75) is 40.2 Å². The molecule has 2 rings (SSSR count). The van der Waals surface area contributed by atoms with Crippen molar-refractivity contribution >= 4 is 22.0 Å². The van der Waals surface area contributed by atoms with Crippen molar-refractivity contribution in [1.29, 1.82) is 0 Å². The van der Waals surface area contributed by atoms with E-state index in [0.29, 0.717) is 0 Å². The standard InChI is InChI=1S/C17H20BrNO2/c1-11-7-6-8-12(2)15(11)14-9-13(18)10-19(14)16(20)21-17(3,4)5/h6-10H,1-5H3. The SMILES string of the molecule is Cc1cccc(C)c1-c1cc(Br)cn1C(=O)OC(C)(C)C. The molecule has 1 aromatic heterocycles. The minimum absolute atomic E-state index is 0.370. The largest absolute Gasteiger partial charge is 0.443 e. The zero-order valence-corrected chi connectivity index (χ0v) is 14.6. The molecule has 0 aliphatic carbocycles. The fraction of sp³-hybridized carbons (Fsp3) is 0.353. The van der Waals surface area contributed by atoms with Crippen LogP contribution in [0.3, 0.4) is 0 Å². The number of nitrogens with zero attached hydrogens (tertiary/aromatic N) is 1. The molecule has 3 nitrogen and oxygen atoms in total. The van der Waals surface area contributed by atoms with Gasteiger partial charge in [0.25, 0.3) is 0 Å². The summed E-state index contributed by atoms with van der Waals surface area (Å²) >= 11 is 3.45. The Balaban J connectivity index is 2.54. The minimum Gasteiger partial charge on any atom is -0.443 e. The van der Waals surface area contributed by atoms with E-state index >= 15 is 0 Å². The molecule has 1 heterocycles. The highest BCUT2D eigenvalue weighted by Crippen LogP contribution is 2.31. The second kappa shape index (κ2) is 5.68. The van der Waals surface area contributed by atoms with Crippen LogP contribution in [0.2, 0.25) is 0 Å². The summed E-state index contributed by atoms with van der Waals surface area (Å²) < 4.78 is 7.90. The summed E-state index contributed by atoms with van der Waals surface area (Å²) in [4.78, 5) is 12.4. The number of aromatic nitrogens is 1. The summed E-state index contributed by atoms with van der Waals surface area (Å²) in [5.74, 6) is 0. The molecule has 0 radical (unpaired) electrons. The van der Waals surface area contributed by atoms with E-state index < -0.39 is 5.60 Å². The maximum Gasteiger partial charge on any atom is 0.419 e. The van der Waals surface area contributed by atoms with Gasteiger partial charge in [0.15, 0.2) is 0 Å². The van der Waals surface area contributed by atoms with Crippen LogP contribution in [0.25, 0.3) is 11.3 Å². The van der Waals surface area contributed by atoms with Crippen LogP contribution in [0.4, 0.5) is 4.79 Å². The number of hydrogen-bond donors (Lipinski definition) is 0. The fourth-order valence-corrected chi connectivity index (χ4v) is 2.73. The molecular weight excluding hydrogens is 330 g/mol. The number of halogens is 1. The van der Waals surface area contributed by atoms with Crippen LogP contribution < -0.4 is 0 Å². The van der Waals surface area contributed by atoms with Gasteiger partial charge < -0.3 is 4.74 Å². The number of rotatable bonds is 1. The van der Waals surface area contributed by atoms with Crippen LogP contribution >= 0.6 is 15.9 Å². The van der Waals surface area contributed by atoms with Crippen molar-refractivity contribution in [3.8, 4) is 11.3 Å². The number of ether oxygens (including phenoxy) is 1. The van der Waals surface area contributed by atoms with Gasteiger partial charge in [0.05, 0.1) is 5.69 Å². The number of hydrogen-bond acceptors (Lipinski definition) is 2. The molecule has 2 aromatic rings. The predicted molar refractivity (Wildman–Crippen MR) is 88.7 cm³/mol. The normalized spacial score (nSPS) is 11.5. The molecule has 1 aromatic carbocycles. The number of benzene rings is 1. The third-order valence-electron chi connectivity index (χ3n) is 3.11. The molecule has 0 amide bonds. The maximum absolute atomic E-state index is 12.4. The van der Waals surface area contributed by atoms with Gasteiger partial charge in [0.2, 0.25) is 0 Å². The van der Waals surface area contributed by atoms with Gasteiger partial charge in [0, 0.05) is 16.2 Å². The molecule has 112 valence electrons. The Morgan fingerprint density at radius 2 is 1.76 bits per heavy atom. The smallest absolute Gasteiger partial charge is 0.419 e. The summed E-state index contributed by atoms with van der Waals surface area (Å²) in [6, 6.07) is 8.05. The van der Waals surface area contributed by atoms with Gasteiger partial charge in [-0.1, -0.05) is 18.2 Å². The molecule has 0 atom stereocenters. The lowest BCUT2D eigenvalue weighted by Gasteiger charge is -2.21. The van der Waals surface area contributed by atoms with E-state index in [9.17, 15) is 4.79 Å². The monoisotopic (exact) mass is 349 g/mol. The van der Waals surface area contributed by atoms with Crippen molar-refractivity contribution in [3.63, 3.8) is 0 Å². The molecule has 0 fully saturated rings. The van der Waals surface area contributed by atoms with Gasteiger partial charge in [-0.05, 0) is 67.7 Å². The second-order valence-corrected chi connectivity index (χ2v) is 7.08. The van der Waals surface area contributed by atoms with Crippen LogP contribution in [0.5, 0.6) is 0 Å². The molecule has 0 saturated heterocycles. The summed E-state index contributed by atoms with van der Waals surface area (Å²) in [6.07, 6.45) is 1.38. The van der Waals surface area contributed by atoms with Gasteiger partial charge in [-0.3, -0.25) is 4.57 Å². The lowest BCUT2D eigenvalue weighted by Crippen LogP contribution is -2.27. The highest BCUT2D eigenvalue weighted by atomic mass is 79.9. The first-order chi connectivity index (χ1) is 9.69. The first kappa shape index (κ1) is 15.8. The van der Waals surface area contributed by atoms with Gasteiger partial charge in [-0.2, -0.15) is 0 Å². The molecule has 0 spiro atoms. The van der Waals surface area contributed by atoms with E-state index in [1.54, 1.807) is 10.8 Å². The highest BCUT2D eigenvalue weighted by Gasteiger charge is 2.22. The van der Waals surface area contributed by atoms with Crippen LogP contribution in [0.1, 0.15) is 31.9 Å². The number of carbonyl (C=O) groups excluding carboxylic acids is 1. The van der Waals surface area contributed by atoms with E-state index in [2.05, 4.69) is 15.9 Å². The average molecular weight is 350 g/mol. The van der Waals surface area contributed by atoms with E-state index in [4.69, 9.17) is 4.74 Å². The van der Waals surface area contributed by atoms with Crippen molar-refractivity contribution in [3.05, 3.63) is 46.1 Å². The van der Waals surface area contributed by atoms with E-state index in [1.165, 1.54) is 0 Å². The average Bonchev–Trinajstić information content (AvgIpc) is 2.69. The van der Waals surface area contributed by atoms with Gasteiger partial charge in [-0.15, -0.1) is 0 Å². The zero-order valence-electron chi connectivity index (χ0n) is 13.0. The van der Waals surface area contributed by atoms with Crippen LogP contribution in [-0.4, -0.2) is 16.3 Å². The quantitative estimate of drug-likeness (QED) is 0.697. The molecule has 4 heteroatoms. The van der Waals surface area contributed by atoms with Crippen LogP contribution in [-0.2, 0) is 4.74 Å². The van der Waals surface area contributed by atoms with E-state index in [0.717, 1.165) is 26.9 Å². The molecular formula is C17H20BrNO2. The Kier molecular flexibility index (Phi) is 4.28. The Hall–Kier alpha value is -1.55. The van der Waals surface area contributed by atoms with E-state index in [-0.39, 0.29) is 6.09 Å². The van der Waals surface area contributed by atoms with Crippen LogP contribution in [0, 0.1) is 13.8 Å². The molecule has 0 unspecified atom stereocenters.